The van der Waals surface area contributed by atoms with E-state index < -0.39 is 0 Å². The molecule has 0 fully saturated rings. The smallest absolute Gasteiger partial charge is 0.137 e. The number of hydrogen-bond donors (Lipinski definition) is 1. The fourth-order valence-corrected chi connectivity index (χ4v) is 2.70. The van der Waals surface area contributed by atoms with Crippen molar-refractivity contribution in [3.63, 3.8) is 0 Å². The van der Waals surface area contributed by atoms with Gasteiger partial charge in [-0.2, -0.15) is 0 Å². The van der Waals surface area contributed by atoms with E-state index in [0.29, 0.717) is 6.54 Å². The van der Waals surface area contributed by atoms with Crippen LogP contribution < -0.4 is 5.32 Å². The average molecular weight is 315 g/mol. The molecule has 0 bridgehead atoms. The third-order valence-electron chi connectivity index (χ3n) is 3.97. The number of anilines is 1. The van der Waals surface area contributed by atoms with Crippen molar-refractivity contribution >= 4 is 16.7 Å². The monoisotopic (exact) mass is 315 g/mol. The molecule has 5 nitrogen and oxygen atoms in total. The summed E-state index contributed by atoms with van der Waals surface area (Å²) >= 11 is 0. The molecule has 0 saturated carbocycles. The van der Waals surface area contributed by atoms with Gasteiger partial charge in [-0.1, -0.05) is 24.3 Å². The number of nitrogens with zero attached hydrogens (tertiary/aromatic N) is 4. The van der Waals surface area contributed by atoms with Gasteiger partial charge in [0, 0.05) is 30.5 Å². The molecule has 4 rings (SSSR count). The third-order valence-corrected chi connectivity index (χ3v) is 3.97. The highest BCUT2D eigenvalue weighted by Crippen LogP contribution is 2.20. The Morgan fingerprint density at radius 2 is 2.04 bits per heavy atom. The fraction of sp³-hybridized carbons (Fsp3) is 0.105. The van der Waals surface area contributed by atoms with Gasteiger partial charge in [-0.05, 0) is 36.2 Å². The van der Waals surface area contributed by atoms with Crippen LogP contribution in [0.4, 0.5) is 5.82 Å². The lowest BCUT2D eigenvalue weighted by Gasteiger charge is -2.09. The standard InChI is InChI=1S/C19H17N5/c1-14-10-18(23-17-5-3-2-4-16(14)17)21-11-15-6-7-19(22-12-15)24-9-8-20-13-24/h2-10,12-13H,11H2,1H3,(H,21,23). The van der Waals surface area contributed by atoms with E-state index in [1.807, 2.05) is 41.2 Å². The number of rotatable bonds is 4. The van der Waals surface area contributed by atoms with Crippen molar-refractivity contribution in [3.05, 3.63) is 78.5 Å². The summed E-state index contributed by atoms with van der Waals surface area (Å²) in [6, 6.07) is 14.3. The number of para-hydroxylation sites is 1. The van der Waals surface area contributed by atoms with E-state index in [-0.39, 0.29) is 0 Å². The van der Waals surface area contributed by atoms with Gasteiger partial charge >= 0.3 is 0 Å². The van der Waals surface area contributed by atoms with E-state index in [1.165, 1.54) is 10.9 Å². The lowest BCUT2D eigenvalue weighted by molar-refractivity contribution is 0.977. The first-order valence-electron chi connectivity index (χ1n) is 7.83. The Kier molecular flexibility index (Phi) is 3.67. The summed E-state index contributed by atoms with van der Waals surface area (Å²) in [5.74, 6) is 1.74. The van der Waals surface area contributed by atoms with Crippen molar-refractivity contribution in [1.82, 2.24) is 19.5 Å². The first kappa shape index (κ1) is 14.4. The van der Waals surface area contributed by atoms with E-state index in [9.17, 15) is 0 Å². The number of benzene rings is 1. The van der Waals surface area contributed by atoms with Gasteiger partial charge in [0.2, 0.25) is 0 Å². The van der Waals surface area contributed by atoms with E-state index in [4.69, 9.17) is 0 Å². The zero-order chi connectivity index (χ0) is 16.4. The normalized spacial score (nSPS) is 10.9. The Hall–Kier alpha value is -3.21. The molecule has 3 aromatic heterocycles. The van der Waals surface area contributed by atoms with Crippen LogP contribution in [0.2, 0.25) is 0 Å². The van der Waals surface area contributed by atoms with Crippen LogP contribution in [-0.2, 0) is 6.54 Å². The van der Waals surface area contributed by atoms with Crippen molar-refractivity contribution in [2.45, 2.75) is 13.5 Å². The summed E-state index contributed by atoms with van der Waals surface area (Å²) in [7, 11) is 0. The Morgan fingerprint density at radius 1 is 1.12 bits per heavy atom. The van der Waals surface area contributed by atoms with Crippen LogP contribution in [-0.4, -0.2) is 19.5 Å². The Bertz CT molecular complexity index is 959. The summed E-state index contributed by atoms with van der Waals surface area (Å²) in [6.45, 7) is 2.79. The number of aryl methyl sites for hydroxylation is 1. The second-order valence-electron chi connectivity index (χ2n) is 5.69. The van der Waals surface area contributed by atoms with Crippen molar-refractivity contribution < 1.29 is 0 Å². The number of aromatic nitrogens is 4. The SMILES string of the molecule is Cc1cc(NCc2ccc(-n3ccnc3)nc2)nc2ccccc12. The molecule has 0 spiro atoms. The molecular formula is C19H17N5. The zero-order valence-corrected chi connectivity index (χ0v) is 13.3. The zero-order valence-electron chi connectivity index (χ0n) is 13.3. The molecule has 118 valence electrons. The molecule has 4 aromatic rings. The summed E-state index contributed by atoms with van der Waals surface area (Å²) in [6.07, 6.45) is 7.23. The Morgan fingerprint density at radius 3 is 2.83 bits per heavy atom. The van der Waals surface area contributed by atoms with Crippen LogP contribution in [0.25, 0.3) is 16.7 Å². The molecule has 0 saturated heterocycles. The number of pyridine rings is 2. The minimum atomic E-state index is 0.683. The van der Waals surface area contributed by atoms with Gasteiger partial charge in [-0.15, -0.1) is 0 Å². The van der Waals surface area contributed by atoms with E-state index >= 15 is 0 Å². The maximum atomic E-state index is 4.67. The molecule has 0 aliphatic rings. The van der Waals surface area contributed by atoms with Crippen molar-refractivity contribution in [3.8, 4) is 5.82 Å². The van der Waals surface area contributed by atoms with E-state index in [2.05, 4.69) is 45.4 Å². The largest absolute Gasteiger partial charge is 0.366 e. The Balaban J connectivity index is 1.50. The molecule has 5 heteroatoms. The van der Waals surface area contributed by atoms with Gasteiger partial charge in [-0.3, -0.25) is 4.57 Å². The molecule has 0 aliphatic carbocycles. The number of fused-ring (bicyclic) bond motifs is 1. The predicted octanol–water partition coefficient (Wildman–Crippen LogP) is 3.74. The third kappa shape index (κ3) is 2.84. The van der Waals surface area contributed by atoms with Gasteiger partial charge < -0.3 is 5.32 Å². The van der Waals surface area contributed by atoms with Gasteiger partial charge in [0.15, 0.2) is 0 Å². The lowest BCUT2D eigenvalue weighted by atomic mass is 10.1. The summed E-state index contributed by atoms with van der Waals surface area (Å²) in [5.41, 5.74) is 3.33. The maximum Gasteiger partial charge on any atom is 0.137 e. The van der Waals surface area contributed by atoms with Crippen LogP contribution in [0.15, 0.2) is 67.4 Å². The molecule has 24 heavy (non-hydrogen) atoms. The van der Waals surface area contributed by atoms with Crippen LogP contribution in [0.3, 0.4) is 0 Å². The number of nitrogens with one attached hydrogen (secondary N) is 1. The summed E-state index contributed by atoms with van der Waals surface area (Å²) in [4.78, 5) is 13.2. The van der Waals surface area contributed by atoms with Gasteiger partial charge in [0.25, 0.3) is 0 Å². The maximum absolute atomic E-state index is 4.67. The van der Waals surface area contributed by atoms with Gasteiger partial charge in [0.05, 0.1) is 5.52 Å². The van der Waals surface area contributed by atoms with E-state index in [0.717, 1.165) is 22.7 Å². The average Bonchev–Trinajstić information content (AvgIpc) is 3.15. The molecule has 0 radical (unpaired) electrons. The highest BCUT2D eigenvalue weighted by atomic mass is 15.1. The quantitative estimate of drug-likeness (QED) is 0.623. The van der Waals surface area contributed by atoms with Crippen LogP contribution in [0.5, 0.6) is 0 Å². The first-order chi connectivity index (χ1) is 11.8. The lowest BCUT2D eigenvalue weighted by Crippen LogP contribution is -2.03. The topological polar surface area (TPSA) is 55.6 Å². The minimum absolute atomic E-state index is 0.683. The van der Waals surface area contributed by atoms with Crippen molar-refractivity contribution in [2.24, 2.45) is 0 Å². The van der Waals surface area contributed by atoms with Crippen molar-refractivity contribution in [1.29, 1.82) is 0 Å². The van der Waals surface area contributed by atoms with Crippen molar-refractivity contribution in [2.75, 3.05) is 5.32 Å². The second kappa shape index (κ2) is 6.12. The summed E-state index contributed by atoms with van der Waals surface area (Å²) in [5, 5.41) is 4.57. The predicted molar refractivity (Wildman–Crippen MR) is 95.2 cm³/mol. The highest BCUT2D eigenvalue weighted by molar-refractivity contribution is 5.83. The van der Waals surface area contributed by atoms with Crippen LogP contribution in [0, 0.1) is 6.92 Å². The minimum Gasteiger partial charge on any atom is -0.366 e. The summed E-state index contributed by atoms with van der Waals surface area (Å²) < 4.78 is 1.88. The van der Waals surface area contributed by atoms with Crippen LogP contribution in [0.1, 0.15) is 11.1 Å². The first-order valence-corrected chi connectivity index (χ1v) is 7.83. The molecular weight excluding hydrogens is 298 g/mol. The van der Waals surface area contributed by atoms with E-state index in [1.54, 1.807) is 12.5 Å². The molecule has 1 N–H and O–H groups in total. The van der Waals surface area contributed by atoms with Gasteiger partial charge in [-0.25, -0.2) is 15.0 Å². The molecule has 3 heterocycles. The molecule has 0 aliphatic heterocycles. The van der Waals surface area contributed by atoms with Crippen LogP contribution >= 0.6 is 0 Å². The van der Waals surface area contributed by atoms with Gasteiger partial charge in [0.1, 0.15) is 18.0 Å². The number of imidazole rings is 1. The molecule has 1 aromatic carbocycles. The molecule has 0 amide bonds. The number of hydrogen-bond acceptors (Lipinski definition) is 4. The Labute approximate surface area is 140 Å². The highest BCUT2D eigenvalue weighted by Gasteiger charge is 2.03. The second-order valence-corrected chi connectivity index (χ2v) is 5.69. The fourth-order valence-electron chi connectivity index (χ4n) is 2.70. The molecule has 0 unspecified atom stereocenters. The molecule has 0 atom stereocenters.